The number of hydrogen-bond acceptors (Lipinski definition) is 6. The third-order valence-electron chi connectivity index (χ3n) is 6.56. The molecule has 0 saturated heterocycles. The minimum atomic E-state index is -4.12. The molecule has 2 amide bonds. The van der Waals surface area contributed by atoms with Crippen molar-refractivity contribution in [1.82, 2.24) is 10.2 Å². The minimum absolute atomic E-state index is 0.0709. The van der Waals surface area contributed by atoms with Gasteiger partial charge in [0.25, 0.3) is 10.0 Å². The summed E-state index contributed by atoms with van der Waals surface area (Å²) in [6.07, 6.45) is 3.19. The fourth-order valence-corrected chi connectivity index (χ4v) is 6.07. The van der Waals surface area contributed by atoms with Gasteiger partial charge in [0.15, 0.2) is 0 Å². The molecule has 0 saturated carbocycles. The van der Waals surface area contributed by atoms with Crippen LogP contribution in [0.2, 0.25) is 0 Å². The van der Waals surface area contributed by atoms with Gasteiger partial charge in [-0.15, -0.1) is 11.8 Å². The van der Waals surface area contributed by atoms with Gasteiger partial charge in [-0.3, -0.25) is 13.9 Å². The summed E-state index contributed by atoms with van der Waals surface area (Å²) in [7, 11) is -4.12. The fraction of sp³-hybridized carbons (Fsp3) is 0.355. The third-order valence-corrected chi connectivity index (χ3v) is 9.09. The number of carbonyl (C=O) groups excluding carboxylic acids is 2. The van der Waals surface area contributed by atoms with E-state index in [2.05, 4.69) is 5.32 Å². The van der Waals surface area contributed by atoms with Crippen molar-refractivity contribution in [3.8, 4) is 5.75 Å². The SMILES string of the molecule is CCCNC(=O)[C@@H](C)N(CCc1ccccc1)C(=O)CN(c1ccc(OCC)cc1)S(=O)(=O)c1ccc(SC)cc1. The van der Waals surface area contributed by atoms with Gasteiger partial charge in [0, 0.05) is 18.0 Å². The standard InChI is InChI=1S/C31H39N3O5S2/c1-5-21-32-31(36)24(3)33(22-20-25-10-8-7-9-11-25)30(35)23-34(26-12-14-27(15-13-26)39-6-2)41(37,38)29-18-16-28(40-4)17-19-29/h7-19,24H,5-6,20-23H2,1-4H3,(H,32,36)/t24-/m1/s1. The molecule has 3 aromatic carbocycles. The molecule has 0 aromatic heterocycles. The highest BCUT2D eigenvalue weighted by Crippen LogP contribution is 2.27. The second-order valence-corrected chi connectivity index (χ2v) is 12.1. The predicted octanol–water partition coefficient (Wildman–Crippen LogP) is 4.99. The van der Waals surface area contributed by atoms with E-state index in [9.17, 15) is 18.0 Å². The summed E-state index contributed by atoms with van der Waals surface area (Å²) >= 11 is 1.51. The molecule has 3 rings (SSSR count). The molecule has 41 heavy (non-hydrogen) atoms. The van der Waals surface area contributed by atoms with E-state index in [0.29, 0.717) is 31.0 Å². The monoisotopic (exact) mass is 597 g/mol. The van der Waals surface area contributed by atoms with Crippen molar-refractivity contribution in [1.29, 1.82) is 0 Å². The smallest absolute Gasteiger partial charge is 0.264 e. The Balaban J connectivity index is 1.97. The van der Waals surface area contributed by atoms with Crippen LogP contribution in [0.4, 0.5) is 5.69 Å². The summed E-state index contributed by atoms with van der Waals surface area (Å²) in [5, 5.41) is 2.86. The number of carbonyl (C=O) groups is 2. The molecule has 0 bridgehead atoms. The summed E-state index contributed by atoms with van der Waals surface area (Å²) in [6.45, 7) is 6.23. The molecule has 3 aromatic rings. The molecule has 0 fully saturated rings. The molecule has 220 valence electrons. The Labute approximate surface area is 248 Å². The van der Waals surface area contributed by atoms with Crippen LogP contribution in [0, 0.1) is 0 Å². The van der Waals surface area contributed by atoms with E-state index in [1.54, 1.807) is 55.5 Å². The predicted molar refractivity (Wildman–Crippen MR) is 165 cm³/mol. The molecule has 0 spiro atoms. The highest BCUT2D eigenvalue weighted by Gasteiger charge is 2.32. The van der Waals surface area contributed by atoms with Crippen LogP contribution in [0.1, 0.15) is 32.8 Å². The summed E-state index contributed by atoms with van der Waals surface area (Å²) in [5.41, 5.74) is 1.33. The van der Waals surface area contributed by atoms with E-state index >= 15 is 0 Å². The zero-order chi connectivity index (χ0) is 29.8. The lowest BCUT2D eigenvalue weighted by Gasteiger charge is -2.32. The van der Waals surface area contributed by atoms with Crippen LogP contribution in [0.15, 0.2) is 88.7 Å². The molecule has 0 aliphatic rings. The van der Waals surface area contributed by atoms with Crippen molar-refractivity contribution < 1.29 is 22.7 Å². The zero-order valence-electron chi connectivity index (χ0n) is 24.1. The van der Waals surface area contributed by atoms with Crippen LogP contribution in [-0.4, -0.2) is 63.7 Å². The van der Waals surface area contributed by atoms with Gasteiger partial charge in [-0.05, 0) is 87.0 Å². The average Bonchev–Trinajstić information content (AvgIpc) is 2.99. The lowest BCUT2D eigenvalue weighted by atomic mass is 10.1. The second-order valence-electron chi connectivity index (χ2n) is 9.40. The topological polar surface area (TPSA) is 96.0 Å². The highest BCUT2D eigenvalue weighted by molar-refractivity contribution is 7.98. The largest absolute Gasteiger partial charge is 0.494 e. The van der Waals surface area contributed by atoms with Crippen LogP contribution in [0.25, 0.3) is 0 Å². The van der Waals surface area contributed by atoms with Crippen LogP contribution < -0.4 is 14.4 Å². The first kappa shape index (κ1) is 32.0. The molecule has 0 aliphatic heterocycles. The fourth-order valence-electron chi connectivity index (χ4n) is 4.24. The number of sulfonamides is 1. The molecular formula is C31H39N3O5S2. The first-order valence-corrected chi connectivity index (χ1v) is 16.4. The number of rotatable bonds is 15. The molecule has 0 unspecified atom stereocenters. The minimum Gasteiger partial charge on any atom is -0.494 e. The van der Waals surface area contributed by atoms with Crippen molar-refractivity contribution >= 4 is 39.3 Å². The van der Waals surface area contributed by atoms with E-state index in [4.69, 9.17) is 4.74 Å². The Morgan fingerprint density at radius 1 is 0.951 bits per heavy atom. The Hall–Kier alpha value is -3.50. The Bertz CT molecular complexity index is 1370. The van der Waals surface area contributed by atoms with E-state index < -0.39 is 28.5 Å². The normalized spacial score (nSPS) is 11.9. The van der Waals surface area contributed by atoms with Crippen LogP contribution in [-0.2, 0) is 26.0 Å². The van der Waals surface area contributed by atoms with E-state index in [-0.39, 0.29) is 17.3 Å². The Kier molecular flexibility index (Phi) is 12.1. The van der Waals surface area contributed by atoms with Crippen molar-refractivity contribution in [3.05, 3.63) is 84.4 Å². The van der Waals surface area contributed by atoms with Gasteiger partial charge in [-0.1, -0.05) is 37.3 Å². The molecule has 10 heteroatoms. The number of ether oxygens (including phenoxy) is 1. The van der Waals surface area contributed by atoms with Gasteiger partial charge in [0.2, 0.25) is 11.8 Å². The average molecular weight is 598 g/mol. The Morgan fingerprint density at radius 2 is 1.61 bits per heavy atom. The zero-order valence-corrected chi connectivity index (χ0v) is 25.7. The van der Waals surface area contributed by atoms with E-state index in [1.807, 2.05) is 50.4 Å². The highest BCUT2D eigenvalue weighted by atomic mass is 32.2. The number of hydrogen-bond donors (Lipinski definition) is 1. The number of amides is 2. The quantitative estimate of drug-likeness (QED) is 0.248. The molecule has 0 heterocycles. The van der Waals surface area contributed by atoms with Gasteiger partial charge < -0.3 is 15.0 Å². The Morgan fingerprint density at radius 3 is 2.20 bits per heavy atom. The van der Waals surface area contributed by atoms with Crippen LogP contribution in [0.3, 0.4) is 0 Å². The second kappa shape index (κ2) is 15.5. The lowest BCUT2D eigenvalue weighted by molar-refractivity contribution is -0.138. The van der Waals surface area contributed by atoms with Crippen LogP contribution in [0.5, 0.6) is 5.75 Å². The van der Waals surface area contributed by atoms with Gasteiger partial charge in [0.05, 0.1) is 17.2 Å². The van der Waals surface area contributed by atoms with Crippen LogP contribution >= 0.6 is 11.8 Å². The summed E-state index contributed by atoms with van der Waals surface area (Å²) in [6, 6.07) is 22.0. The first-order valence-electron chi connectivity index (χ1n) is 13.7. The van der Waals surface area contributed by atoms with Crippen molar-refractivity contribution in [3.63, 3.8) is 0 Å². The summed E-state index contributed by atoms with van der Waals surface area (Å²) in [5.74, 6) is -0.162. The number of anilines is 1. The third kappa shape index (κ3) is 8.74. The van der Waals surface area contributed by atoms with Gasteiger partial charge in [-0.25, -0.2) is 8.42 Å². The van der Waals surface area contributed by atoms with E-state index in [0.717, 1.165) is 21.2 Å². The summed E-state index contributed by atoms with van der Waals surface area (Å²) < 4.78 is 34.6. The molecular weight excluding hydrogens is 558 g/mol. The first-order chi connectivity index (χ1) is 19.7. The molecule has 1 atom stereocenters. The molecule has 0 aliphatic carbocycles. The number of thioether (sulfide) groups is 1. The van der Waals surface area contributed by atoms with Crippen molar-refractivity contribution in [2.45, 2.75) is 49.4 Å². The maximum absolute atomic E-state index is 14.0. The number of benzene rings is 3. The van der Waals surface area contributed by atoms with Crippen molar-refractivity contribution in [2.24, 2.45) is 0 Å². The molecule has 0 radical (unpaired) electrons. The molecule has 8 nitrogen and oxygen atoms in total. The maximum atomic E-state index is 14.0. The van der Waals surface area contributed by atoms with Gasteiger partial charge >= 0.3 is 0 Å². The maximum Gasteiger partial charge on any atom is 0.264 e. The lowest BCUT2D eigenvalue weighted by Crippen LogP contribution is -2.52. The van der Waals surface area contributed by atoms with Gasteiger partial charge in [-0.2, -0.15) is 0 Å². The molecule has 1 N–H and O–H groups in total. The summed E-state index contributed by atoms with van der Waals surface area (Å²) in [4.78, 5) is 29.3. The van der Waals surface area contributed by atoms with E-state index in [1.165, 1.54) is 16.7 Å². The number of nitrogens with zero attached hydrogens (tertiary/aromatic N) is 2. The number of nitrogens with one attached hydrogen (secondary N) is 1. The van der Waals surface area contributed by atoms with Crippen molar-refractivity contribution in [2.75, 3.05) is 36.8 Å². The van der Waals surface area contributed by atoms with Gasteiger partial charge in [0.1, 0.15) is 18.3 Å².